The zero-order chi connectivity index (χ0) is 22.7. The molecule has 7 heteroatoms. The van der Waals surface area contributed by atoms with E-state index in [1.807, 2.05) is 37.3 Å². The molecule has 4 rings (SSSR count). The monoisotopic (exact) mass is 477 g/mol. The molecule has 0 aromatic heterocycles. The van der Waals surface area contributed by atoms with Crippen molar-refractivity contribution in [2.45, 2.75) is 44.0 Å². The zero-order valence-electron chi connectivity index (χ0n) is 18.4. The Kier molecular flexibility index (Phi) is 7.43. The molecule has 2 saturated heterocycles. The molecule has 2 aromatic carbocycles. The Balaban J connectivity index is 1.89. The third kappa shape index (κ3) is 4.42. The normalized spacial score (nSPS) is 21.9. The van der Waals surface area contributed by atoms with Crippen molar-refractivity contribution in [3.63, 3.8) is 0 Å². The number of methoxy groups -OCH3 is 1. The van der Waals surface area contributed by atoms with E-state index in [2.05, 4.69) is 5.32 Å². The van der Waals surface area contributed by atoms with E-state index >= 15 is 0 Å². The number of nitrogens with one attached hydrogen (secondary N) is 1. The van der Waals surface area contributed by atoms with E-state index in [1.54, 1.807) is 19.2 Å². The lowest BCUT2D eigenvalue weighted by atomic mass is 9.64. The van der Waals surface area contributed by atoms with E-state index in [9.17, 15) is 4.79 Å². The second kappa shape index (κ2) is 10.1. The summed E-state index contributed by atoms with van der Waals surface area (Å²) in [6, 6.07) is 13.0. The van der Waals surface area contributed by atoms with Gasteiger partial charge in [-0.2, -0.15) is 0 Å². The highest BCUT2D eigenvalue weighted by Gasteiger charge is 2.51. The number of ether oxygens (including phenoxy) is 3. The van der Waals surface area contributed by atoms with Crippen LogP contribution in [0.2, 0.25) is 10.0 Å². The second-order valence-electron chi connectivity index (χ2n) is 8.46. The first-order valence-electron chi connectivity index (χ1n) is 11.1. The predicted molar refractivity (Wildman–Crippen MR) is 126 cm³/mol. The van der Waals surface area contributed by atoms with Gasteiger partial charge in [-0.1, -0.05) is 41.4 Å². The number of Topliss-reactive ketones (excluding diaryl/α,β-unsaturated/α-hetero) is 1. The maximum atomic E-state index is 14.2. The molecule has 2 aromatic rings. The maximum Gasteiger partial charge on any atom is 0.158 e. The van der Waals surface area contributed by atoms with Gasteiger partial charge in [0.2, 0.25) is 0 Å². The quantitative estimate of drug-likeness (QED) is 0.578. The van der Waals surface area contributed by atoms with Crippen LogP contribution in [-0.2, 0) is 19.7 Å². The summed E-state index contributed by atoms with van der Waals surface area (Å²) in [5, 5.41) is 4.06. The smallest absolute Gasteiger partial charge is 0.158 e. The first-order valence-corrected chi connectivity index (χ1v) is 11.8. The molecule has 0 radical (unpaired) electrons. The molecule has 1 N–H and O–H groups in total. The molecule has 5 nitrogen and oxygen atoms in total. The van der Waals surface area contributed by atoms with Crippen LogP contribution in [0.1, 0.15) is 37.3 Å². The molecule has 0 spiro atoms. The van der Waals surface area contributed by atoms with Crippen LogP contribution in [-0.4, -0.2) is 45.0 Å². The molecule has 2 heterocycles. The Morgan fingerprint density at radius 1 is 1.12 bits per heavy atom. The van der Waals surface area contributed by atoms with E-state index < -0.39 is 11.5 Å². The van der Waals surface area contributed by atoms with Crippen LogP contribution >= 0.6 is 23.2 Å². The van der Waals surface area contributed by atoms with E-state index in [1.165, 1.54) is 0 Å². The number of benzene rings is 2. The van der Waals surface area contributed by atoms with Crippen molar-refractivity contribution in [2.24, 2.45) is 5.92 Å². The molecule has 3 unspecified atom stereocenters. The van der Waals surface area contributed by atoms with Crippen LogP contribution < -0.4 is 10.1 Å². The Bertz CT molecular complexity index is 959. The summed E-state index contributed by atoms with van der Waals surface area (Å²) < 4.78 is 17.8. The van der Waals surface area contributed by atoms with Crippen LogP contribution in [0.15, 0.2) is 42.5 Å². The largest absolute Gasteiger partial charge is 0.497 e. The predicted octanol–water partition coefficient (Wildman–Crippen LogP) is 5.01. The number of ketones is 1. The minimum Gasteiger partial charge on any atom is -0.497 e. The summed E-state index contributed by atoms with van der Waals surface area (Å²) in [6.07, 6.45) is 2.01. The third-order valence-electron chi connectivity index (χ3n) is 6.54. The summed E-state index contributed by atoms with van der Waals surface area (Å²) in [7, 11) is 1.62. The van der Waals surface area contributed by atoms with Gasteiger partial charge in [-0.25, -0.2) is 0 Å². The van der Waals surface area contributed by atoms with Crippen molar-refractivity contribution in [3.8, 4) is 5.75 Å². The van der Waals surface area contributed by atoms with Gasteiger partial charge >= 0.3 is 0 Å². The van der Waals surface area contributed by atoms with E-state index in [4.69, 9.17) is 37.4 Å². The molecule has 2 aliphatic heterocycles. The van der Waals surface area contributed by atoms with Crippen LogP contribution in [0.5, 0.6) is 5.75 Å². The van der Waals surface area contributed by atoms with Crippen molar-refractivity contribution >= 4 is 29.0 Å². The topological polar surface area (TPSA) is 56.8 Å². The fourth-order valence-electron chi connectivity index (χ4n) is 4.67. The number of hydrogen-bond donors (Lipinski definition) is 1. The molecule has 0 aliphatic carbocycles. The summed E-state index contributed by atoms with van der Waals surface area (Å²) >= 11 is 12.7. The molecule has 3 atom stereocenters. The summed E-state index contributed by atoms with van der Waals surface area (Å²) in [4.78, 5) is 14.2. The van der Waals surface area contributed by atoms with Crippen molar-refractivity contribution in [3.05, 3.63) is 63.6 Å². The van der Waals surface area contributed by atoms with E-state index in [0.29, 0.717) is 35.5 Å². The first kappa shape index (κ1) is 23.5. The van der Waals surface area contributed by atoms with Crippen LogP contribution in [0.25, 0.3) is 0 Å². The lowest BCUT2D eigenvalue weighted by Gasteiger charge is -2.44. The molecule has 172 valence electrons. The van der Waals surface area contributed by atoms with Gasteiger partial charge < -0.3 is 19.5 Å². The van der Waals surface area contributed by atoms with Gasteiger partial charge in [0.05, 0.1) is 23.3 Å². The van der Waals surface area contributed by atoms with Gasteiger partial charge in [0.25, 0.3) is 0 Å². The Morgan fingerprint density at radius 2 is 1.91 bits per heavy atom. The summed E-state index contributed by atoms with van der Waals surface area (Å²) in [6.45, 7) is 3.89. The SMILES string of the molecule is COc1cccc(C(C(=O)C2CNC2)(c2ccc(Cl)c(Cl)c2)C(C)OC2CCCCO2)c1. The fraction of sp³-hybridized carbons (Fsp3) is 0.480. The maximum absolute atomic E-state index is 14.2. The van der Waals surface area contributed by atoms with Gasteiger partial charge in [-0.05, 0) is 61.6 Å². The minimum absolute atomic E-state index is 0.0891. The number of carbonyl (C=O) groups is 1. The van der Waals surface area contributed by atoms with Gasteiger partial charge in [0, 0.05) is 25.6 Å². The minimum atomic E-state index is -1.10. The molecular weight excluding hydrogens is 449 g/mol. The fourth-order valence-corrected chi connectivity index (χ4v) is 4.97. The standard InChI is InChI=1S/C25H29Cl2NO4/c1-16(32-23-8-3-4-11-31-23)25(24(29)17-14-28-15-17,18-6-5-7-20(12-18)30-2)19-9-10-21(26)22(27)13-19/h5-7,9-10,12-13,16-17,23,28H,3-4,8,11,14-15H2,1-2H3. The molecule has 0 amide bonds. The van der Waals surface area contributed by atoms with Gasteiger partial charge in [0.15, 0.2) is 12.1 Å². The highest BCUT2D eigenvalue weighted by Crippen LogP contribution is 2.44. The van der Waals surface area contributed by atoms with E-state index in [-0.39, 0.29) is 18.0 Å². The Morgan fingerprint density at radius 3 is 2.53 bits per heavy atom. The van der Waals surface area contributed by atoms with Crippen molar-refractivity contribution in [1.29, 1.82) is 0 Å². The lowest BCUT2D eigenvalue weighted by Crippen LogP contribution is -2.58. The molecule has 32 heavy (non-hydrogen) atoms. The zero-order valence-corrected chi connectivity index (χ0v) is 19.9. The number of carbonyl (C=O) groups excluding carboxylic acids is 1. The average molecular weight is 478 g/mol. The van der Waals surface area contributed by atoms with Crippen molar-refractivity contribution < 1.29 is 19.0 Å². The summed E-state index contributed by atoms with van der Waals surface area (Å²) in [5.41, 5.74) is 0.451. The molecule has 2 aliphatic rings. The van der Waals surface area contributed by atoms with Gasteiger partial charge in [-0.3, -0.25) is 4.79 Å². The highest BCUT2D eigenvalue weighted by molar-refractivity contribution is 6.42. The van der Waals surface area contributed by atoms with Crippen LogP contribution in [0.4, 0.5) is 0 Å². The molecular formula is C25H29Cl2NO4. The van der Waals surface area contributed by atoms with Crippen LogP contribution in [0, 0.1) is 5.92 Å². The average Bonchev–Trinajstić information content (AvgIpc) is 2.76. The molecule has 0 saturated carbocycles. The van der Waals surface area contributed by atoms with Crippen molar-refractivity contribution in [1.82, 2.24) is 5.32 Å². The molecule has 2 fully saturated rings. The van der Waals surface area contributed by atoms with E-state index in [0.717, 1.165) is 30.4 Å². The Hall–Kier alpha value is -1.63. The summed E-state index contributed by atoms with van der Waals surface area (Å²) in [5.74, 6) is 0.632. The second-order valence-corrected chi connectivity index (χ2v) is 9.28. The number of halogens is 2. The number of rotatable bonds is 8. The number of hydrogen-bond acceptors (Lipinski definition) is 5. The first-order chi connectivity index (χ1) is 15.5. The van der Waals surface area contributed by atoms with Crippen LogP contribution in [0.3, 0.4) is 0 Å². The highest BCUT2D eigenvalue weighted by atomic mass is 35.5. The van der Waals surface area contributed by atoms with Gasteiger partial charge in [0.1, 0.15) is 11.2 Å². The third-order valence-corrected chi connectivity index (χ3v) is 7.28. The van der Waals surface area contributed by atoms with Gasteiger partial charge in [-0.15, -0.1) is 0 Å². The lowest BCUT2D eigenvalue weighted by molar-refractivity contribution is -0.196. The Labute approximate surface area is 199 Å². The van der Waals surface area contributed by atoms with Crippen molar-refractivity contribution in [2.75, 3.05) is 26.8 Å². The molecule has 0 bridgehead atoms.